The van der Waals surface area contributed by atoms with Crippen molar-refractivity contribution in [2.75, 3.05) is 26.8 Å². The van der Waals surface area contributed by atoms with Gasteiger partial charge in [0.2, 0.25) is 0 Å². The smallest absolute Gasteiger partial charge is 0.0881 e. The fourth-order valence-corrected chi connectivity index (χ4v) is 1.88. The van der Waals surface area contributed by atoms with Gasteiger partial charge in [0.05, 0.1) is 12.2 Å². The average molecular weight is 272 g/mol. The fraction of sp³-hybridized carbons (Fsp3) is 0.571. The monoisotopic (exact) mass is 271 g/mol. The molecule has 4 heteroatoms. The maximum Gasteiger partial charge on any atom is 0.0881 e. The zero-order valence-corrected chi connectivity index (χ0v) is 12.0. The minimum atomic E-state index is -0.864. The third kappa shape index (κ3) is 4.58. The molecule has 0 aliphatic rings. The number of benzene rings is 1. The Kier molecular flexibility index (Phi) is 6.09. The van der Waals surface area contributed by atoms with Gasteiger partial charge in [-0.1, -0.05) is 23.7 Å². The van der Waals surface area contributed by atoms with Gasteiger partial charge in [-0.2, -0.15) is 0 Å². The van der Waals surface area contributed by atoms with Gasteiger partial charge >= 0.3 is 0 Å². The van der Waals surface area contributed by atoms with E-state index < -0.39 is 5.60 Å². The molecule has 0 saturated carbocycles. The lowest BCUT2D eigenvalue weighted by molar-refractivity contribution is 0.0475. The topological polar surface area (TPSA) is 41.5 Å². The summed E-state index contributed by atoms with van der Waals surface area (Å²) in [5.74, 6) is 0. The lowest BCUT2D eigenvalue weighted by Crippen LogP contribution is -2.29. The molecule has 1 atom stereocenters. The normalized spacial score (nSPS) is 14.5. The van der Waals surface area contributed by atoms with E-state index in [1.807, 2.05) is 32.0 Å². The summed E-state index contributed by atoms with van der Waals surface area (Å²) in [5, 5.41) is 14.3. The van der Waals surface area contributed by atoms with Crippen molar-refractivity contribution >= 4 is 11.6 Å². The van der Waals surface area contributed by atoms with Crippen LogP contribution in [0.25, 0.3) is 0 Å². The number of methoxy groups -OCH3 is 1. The highest BCUT2D eigenvalue weighted by Crippen LogP contribution is 2.27. The Morgan fingerprint density at radius 3 is 2.72 bits per heavy atom. The van der Waals surface area contributed by atoms with Crippen LogP contribution in [-0.2, 0) is 10.3 Å². The van der Waals surface area contributed by atoms with Crippen LogP contribution in [0.3, 0.4) is 0 Å². The Morgan fingerprint density at radius 2 is 2.11 bits per heavy atom. The predicted molar refractivity (Wildman–Crippen MR) is 75.1 cm³/mol. The minimum Gasteiger partial charge on any atom is -0.385 e. The van der Waals surface area contributed by atoms with Gasteiger partial charge in [-0.3, -0.25) is 0 Å². The largest absolute Gasteiger partial charge is 0.385 e. The molecule has 0 bridgehead atoms. The third-order valence-corrected chi connectivity index (χ3v) is 3.47. The van der Waals surface area contributed by atoms with Crippen molar-refractivity contribution in [1.82, 2.24) is 5.32 Å². The second kappa shape index (κ2) is 7.10. The van der Waals surface area contributed by atoms with Gasteiger partial charge in [-0.15, -0.1) is 0 Å². The molecule has 0 fully saturated rings. The molecule has 0 aromatic heterocycles. The maximum atomic E-state index is 10.4. The molecule has 1 aromatic carbocycles. The third-order valence-electron chi connectivity index (χ3n) is 3.07. The summed E-state index contributed by atoms with van der Waals surface area (Å²) in [5.41, 5.74) is 1.01. The lowest BCUT2D eigenvalue weighted by Gasteiger charge is -2.24. The molecule has 0 heterocycles. The number of rotatable bonds is 7. The van der Waals surface area contributed by atoms with Crippen LogP contribution >= 0.6 is 11.6 Å². The van der Waals surface area contributed by atoms with E-state index in [0.717, 1.165) is 24.2 Å². The molecule has 3 nitrogen and oxygen atoms in total. The SMILES string of the molecule is COCCNCCC(C)(O)c1ccc(C)c(Cl)c1. The van der Waals surface area contributed by atoms with Gasteiger partial charge in [0.1, 0.15) is 0 Å². The van der Waals surface area contributed by atoms with Crippen LogP contribution < -0.4 is 5.32 Å². The highest BCUT2D eigenvalue weighted by molar-refractivity contribution is 6.31. The average Bonchev–Trinajstić information content (AvgIpc) is 2.32. The van der Waals surface area contributed by atoms with Crippen LogP contribution in [0.15, 0.2) is 18.2 Å². The van der Waals surface area contributed by atoms with E-state index in [0.29, 0.717) is 18.1 Å². The first-order chi connectivity index (χ1) is 8.47. The van der Waals surface area contributed by atoms with E-state index in [1.54, 1.807) is 7.11 Å². The number of aryl methyl sites for hydroxylation is 1. The van der Waals surface area contributed by atoms with Crippen LogP contribution in [0.4, 0.5) is 0 Å². The van der Waals surface area contributed by atoms with Crippen molar-refractivity contribution < 1.29 is 9.84 Å². The molecule has 0 amide bonds. The Hall–Kier alpha value is -0.610. The van der Waals surface area contributed by atoms with E-state index in [4.69, 9.17) is 16.3 Å². The van der Waals surface area contributed by atoms with Gasteiger partial charge in [-0.05, 0) is 44.0 Å². The number of halogens is 1. The number of hydrogen-bond donors (Lipinski definition) is 2. The van der Waals surface area contributed by atoms with Gasteiger partial charge < -0.3 is 15.2 Å². The summed E-state index contributed by atoms with van der Waals surface area (Å²) < 4.78 is 4.95. The number of hydrogen-bond acceptors (Lipinski definition) is 3. The molecule has 0 aliphatic heterocycles. The summed E-state index contributed by atoms with van der Waals surface area (Å²) in [6, 6.07) is 5.70. The number of aliphatic hydroxyl groups is 1. The van der Waals surface area contributed by atoms with Gasteiger partial charge in [0.25, 0.3) is 0 Å². The fourth-order valence-electron chi connectivity index (χ4n) is 1.70. The molecule has 0 saturated heterocycles. The summed E-state index contributed by atoms with van der Waals surface area (Å²) in [6.07, 6.45) is 0.635. The van der Waals surface area contributed by atoms with E-state index in [2.05, 4.69) is 5.32 Å². The number of nitrogens with one attached hydrogen (secondary N) is 1. The van der Waals surface area contributed by atoms with Crippen molar-refractivity contribution in [1.29, 1.82) is 0 Å². The highest BCUT2D eigenvalue weighted by atomic mass is 35.5. The Balaban J connectivity index is 2.54. The number of ether oxygens (including phenoxy) is 1. The standard InChI is InChI=1S/C14H22ClNO2/c1-11-4-5-12(10-13(11)15)14(2,17)6-7-16-8-9-18-3/h4-5,10,16-17H,6-9H2,1-3H3. The summed E-state index contributed by atoms with van der Waals surface area (Å²) >= 11 is 6.08. The first-order valence-electron chi connectivity index (χ1n) is 6.16. The van der Waals surface area contributed by atoms with E-state index in [-0.39, 0.29) is 0 Å². The van der Waals surface area contributed by atoms with Gasteiger partial charge in [0, 0.05) is 18.7 Å². The molecule has 1 rings (SSSR count). The summed E-state index contributed by atoms with van der Waals surface area (Å²) in [6.45, 7) is 5.97. The highest BCUT2D eigenvalue weighted by Gasteiger charge is 2.22. The van der Waals surface area contributed by atoms with Crippen LogP contribution in [-0.4, -0.2) is 31.9 Å². The molecule has 1 aromatic rings. The van der Waals surface area contributed by atoms with Crippen molar-refractivity contribution in [2.24, 2.45) is 0 Å². The van der Waals surface area contributed by atoms with Crippen LogP contribution in [0, 0.1) is 6.92 Å². The van der Waals surface area contributed by atoms with Crippen molar-refractivity contribution in [3.05, 3.63) is 34.3 Å². The molecule has 102 valence electrons. The van der Waals surface area contributed by atoms with Crippen LogP contribution in [0.1, 0.15) is 24.5 Å². The maximum absolute atomic E-state index is 10.4. The second-order valence-electron chi connectivity index (χ2n) is 4.73. The Labute approximate surface area is 114 Å². The molecular formula is C14H22ClNO2. The summed E-state index contributed by atoms with van der Waals surface area (Å²) in [4.78, 5) is 0. The molecule has 18 heavy (non-hydrogen) atoms. The first kappa shape index (κ1) is 15.4. The van der Waals surface area contributed by atoms with Crippen LogP contribution in [0.2, 0.25) is 5.02 Å². The molecule has 2 N–H and O–H groups in total. The second-order valence-corrected chi connectivity index (χ2v) is 5.14. The van der Waals surface area contributed by atoms with Crippen molar-refractivity contribution in [3.8, 4) is 0 Å². The van der Waals surface area contributed by atoms with Crippen LogP contribution in [0.5, 0.6) is 0 Å². The molecule has 0 spiro atoms. The Morgan fingerprint density at radius 1 is 1.39 bits per heavy atom. The van der Waals surface area contributed by atoms with E-state index >= 15 is 0 Å². The quantitative estimate of drug-likeness (QED) is 0.749. The van der Waals surface area contributed by atoms with Crippen molar-refractivity contribution in [3.63, 3.8) is 0 Å². The molecule has 0 aliphatic carbocycles. The first-order valence-corrected chi connectivity index (χ1v) is 6.54. The predicted octanol–water partition coefficient (Wildman–Crippen LogP) is 2.48. The lowest BCUT2D eigenvalue weighted by atomic mass is 9.92. The van der Waals surface area contributed by atoms with E-state index in [9.17, 15) is 5.11 Å². The Bertz CT molecular complexity index is 380. The van der Waals surface area contributed by atoms with Gasteiger partial charge in [0.15, 0.2) is 0 Å². The minimum absolute atomic E-state index is 0.635. The zero-order valence-electron chi connectivity index (χ0n) is 11.3. The van der Waals surface area contributed by atoms with Gasteiger partial charge in [-0.25, -0.2) is 0 Å². The zero-order chi connectivity index (χ0) is 13.6. The summed E-state index contributed by atoms with van der Waals surface area (Å²) in [7, 11) is 1.67. The molecule has 1 unspecified atom stereocenters. The van der Waals surface area contributed by atoms with E-state index in [1.165, 1.54) is 0 Å². The van der Waals surface area contributed by atoms with Crippen molar-refractivity contribution in [2.45, 2.75) is 25.9 Å². The molecule has 0 radical (unpaired) electrons. The molecular weight excluding hydrogens is 250 g/mol.